The molecule has 3 nitrogen and oxygen atoms in total. The second-order valence-corrected chi connectivity index (χ2v) is 4.75. The molecule has 0 unspecified atom stereocenters. The average Bonchev–Trinajstić information content (AvgIpc) is 2.68. The van der Waals surface area contributed by atoms with Crippen molar-refractivity contribution in [2.75, 3.05) is 18.4 Å². The lowest BCUT2D eigenvalue weighted by Crippen LogP contribution is -2.24. The number of halogens is 1. The number of hydrogen-bond acceptors (Lipinski definition) is 2. The third kappa shape index (κ3) is 1.75. The Morgan fingerprint density at radius 1 is 1.18 bits per heavy atom. The number of para-hydroxylation sites is 1. The van der Waals surface area contributed by atoms with Gasteiger partial charge >= 0.3 is 0 Å². The summed E-state index contributed by atoms with van der Waals surface area (Å²) in [5.74, 6) is -0.00926. The largest absolute Gasteiger partial charge is 0.320 e. The van der Waals surface area contributed by atoms with E-state index >= 15 is 0 Å². The molecule has 4 heteroatoms. The molecule has 0 aromatic heterocycles. The Labute approximate surface area is 105 Å². The summed E-state index contributed by atoms with van der Waals surface area (Å²) in [7, 11) is 0. The Morgan fingerprint density at radius 3 is 2.71 bits per heavy atom. The number of rotatable bonds is 0. The van der Waals surface area contributed by atoms with Gasteiger partial charge in [-0.15, -0.1) is 0 Å². The first-order valence-electron chi connectivity index (χ1n) is 5.80. The molecule has 3 rings (SSSR count). The lowest BCUT2D eigenvalue weighted by molar-refractivity contribution is -0.110. The van der Waals surface area contributed by atoms with E-state index < -0.39 is 0 Å². The second-order valence-electron chi connectivity index (χ2n) is 4.35. The number of hydrogen-bond donors (Lipinski definition) is 2. The minimum Gasteiger partial charge on any atom is -0.320 e. The number of nitrogens with one attached hydrogen (secondary N) is 2. The SMILES string of the molecule is O=C1Nc2c(Cl)cccc2C1=C1CCNCC1. The molecule has 2 heterocycles. The number of benzene rings is 1. The van der Waals surface area contributed by atoms with E-state index in [0.29, 0.717) is 5.02 Å². The van der Waals surface area contributed by atoms with Crippen LogP contribution >= 0.6 is 11.6 Å². The van der Waals surface area contributed by atoms with Crippen LogP contribution in [0.4, 0.5) is 5.69 Å². The number of fused-ring (bicyclic) bond motifs is 1. The highest BCUT2D eigenvalue weighted by Crippen LogP contribution is 2.39. The summed E-state index contributed by atoms with van der Waals surface area (Å²) >= 11 is 6.09. The van der Waals surface area contributed by atoms with Gasteiger partial charge in [-0.2, -0.15) is 0 Å². The molecule has 1 aromatic carbocycles. The molecule has 0 radical (unpaired) electrons. The number of carbonyl (C=O) groups excluding carboxylic acids is 1. The lowest BCUT2D eigenvalue weighted by atomic mass is 9.95. The molecule has 1 fully saturated rings. The fraction of sp³-hybridized carbons (Fsp3) is 0.308. The smallest absolute Gasteiger partial charge is 0.256 e. The molecule has 0 saturated carbocycles. The van der Waals surface area contributed by atoms with Crippen LogP contribution in [0.25, 0.3) is 5.57 Å². The van der Waals surface area contributed by atoms with Gasteiger partial charge in [-0.3, -0.25) is 4.79 Å². The first kappa shape index (κ1) is 10.8. The predicted molar refractivity (Wildman–Crippen MR) is 69.1 cm³/mol. The van der Waals surface area contributed by atoms with Gasteiger partial charge in [0.15, 0.2) is 0 Å². The standard InChI is InChI=1S/C13H13ClN2O/c14-10-3-1-2-9-11(13(17)16-12(9)10)8-4-6-15-7-5-8/h1-3,15H,4-7H2,(H,16,17). The van der Waals surface area contributed by atoms with Crippen molar-refractivity contribution in [3.63, 3.8) is 0 Å². The Morgan fingerprint density at radius 2 is 1.94 bits per heavy atom. The Kier molecular flexibility index (Phi) is 2.65. The molecule has 1 aromatic rings. The Bertz CT molecular complexity index is 514. The maximum atomic E-state index is 12.0. The molecule has 1 saturated heterocycles. The molecule has 88 valence electrons. The maximum Gasteiger partial charge on any atom is 0.256 e. The quantitative estimate of drug-likeness (QED) is 0.693. The third-order valence-electron chi connectivity index (χ3n) is 3.31. The van der Waals surface area contributed by atoms with Gasteiger partial charge < -0.3 is 10.6 Å². The highest BCUT2D eigenvalue weighted by molar-refractivity contribution is 6.39. The summed E-state index contributed by atoms with van der Waals surface area (Å²) in [4.78, 5) is 12.0. The zero-order chi connectivity index (χ0) is 11.8. The van der Waals surface area contributed by atoms with Gasteiger partial charge in [0, 0.05) is 11.1 Å². The van der Waals surface area contributed by atoms with Crippen LogP contribution < -0.4 is 10.6 Å². The molecular weight excluding hydrogens is 236 g/mol. The van der Waals surface area contributed by atoms with Gasteiger partial charge in [-0.05, 0) is 32.0 Å². The topological polar surface area (TPSA) is 41.1 Å². The van der Waals surface area contributed by atoms with Gasteiger partial charge in [-0.1, -0.05) is 29.3 Å². The van der Waals surface area contributed by atoms with Crippen molar-refractivity contribution in [3.05, 3.63) is 34.4 Å². The summed E-state index contributed by atoms with van der Waals surface area (Å²) in [6, 6.07) is 5.66. The van der Waals surface area contributed by atoms with E-state index in [-0.39, 0.29) is 5.91 Å². The van der Waals surface area contributed by atoms with Gasteiger partial charge in [-0.25, -0.2) is 0 Å². The van der Waals surface area contributed by atoms with Crippen molar-refractivity contribution in [2.45, 2.75) is 12.8 Å². The number of anilines is 1. The number of piperidine rings is 1. The molecule has 17 heavy (non-hydrogen) atoms. The Hall–Kier alpha value is -1.32. The van der Waals surface area contributed by atoms with Crippen molar-refractivity contribution in [1.29, 1.82) is 0 Å². The molecular formula is C13H13ClN2O. The van der Waals surface area contributed by atoms with E-state index in [4.69, 9.17) is 11.6 Å². The zero-order valence-corrected chi connectivity index (χ0v) is 10.1. The Balaban J connectivity index is 2.13. The molecule has 2 aliphatic rings. The zero-order valence-electron chi connectivity index (χ0n) is 9.35. The molecule has 1 amide bonds. The van der Waals surface area contributed by atoms with Crippen LogP contribution in [0, 0.1) is 0 Å². The molecule has 0 aliphatic carbocycles. The van der Waals surface area contributed by atoms with Crippen LogP contribution in [0.2, 0.25) is 5.02 Å². The number of amides is 1. The second kappa shape index (κ2) is 4.17. The average molecular weight is 249 g/mol. The highest BCUT2D eigenvalue weighted by Gasteiger charge is 2.28. The monoisotopic (exact) mass is 248 g/mol. The highest BCUT2D eigenvalue weighted by atomic mass is 35.5. The fourth-order valence-electron chi connectivity index (χ4n) is 2.49. The van der Waals surface area contributed by atoms with Crippen LogP contribution in [0.1, 0.15) is 18.4 Å². The third-order valence-corrected chi connectivity index (χ3v) is 3.62. The summed E-state index contributed by atoms with van der Waals surface area (Å²) in [5.41, 5.74) is 3.80. The molecule has 2 aliphatic heterocycles. The van der Waals surface area contributed by atoms with Crippen LogP contribution in [-0.2, 0) is 4.79 Å². The van der Waals surface area contributed by atoms with E-state index in [2.05, 4.69) is 10.6 Å². The van der Waals surface area contributed by atoms with E-state index in [1.807, 2.05) is 12.1 Å². The summed E-state index contributed by atoms with van der Waals surface area (Å²) in [6.45, 7) is 1.89. The molecule has 0 bridgehead atoms. The van der Waals surface area contributed by atoms with Gasteiger partial charge in [0.2, 0.25) is 0 Å². The maximum absolute atomic E-state index is 12.0. The van der Waals surface area contributed by atoms with Crippen LogP contribution in [0.5, 0.6) is 0 Å². The van der Waals surface area contributed by atoms with Gasteiger partial charge in [0.05, 0.1) is 10.7 Å². The first-order chi connectivity index (χ1) is 8.27. The summed E-state index contributed by atoms with van der Waals surface area (Å²) in [5, 5.41) is 6.77. The van der Waals surface area contributed by atoms with Crippen LogP contribution in [0.15, 0.2) is 23.8 Å². The molecule has 0 spiro atoms. The van der Waals surface area contributed by atoms with Crippen LogP contribution in [0.3, 0.4) is 0 Å². The summed E-state index contributed by atoms with van der Waals surface area (Å²) in [6.07, 6.45) is 1.88. The van der Waals surface area contributed by atoms with E-state index in [1.165, 1.54) is 5.57 Å². The van der Waals surface area contributed by atoms with Gasteiger partial charge in [0.25, 0.3) is 5.91 Å². The van der Waals surface area contributed by atoms with E-state index in [0.717, 1.165) is 42.8 Å². The minimum atomic E-state index is -0.00926. The lowest BCUT2D eigenvalue weighted by Gasteiger charge is -2.17. The predicted octanol–water partition coefficient (Wildman–Crippen LogP) is 2.43. The van der Waals surface area contributed by atoms with E-state index in [9.17, 15) is 4.79 Å². The summed E-state index contributed by atoms with van der Waals surface area (Å²) < 4.78 is 0. The normalized spacial score (nSPS) is 19.2. The minimum absolute atomic E-state index is 0.00926. The molecule has 2 N–H and O–H groups in total. The fourth-order valence-corrected chi connectivity index (χ4v) is 2.71. The van der Waals surface area contributed by atoms with E-state index in [1.54, 1.807) is 6.07 Å². The van der Waals surface area contributed by atoms with Crippen molar-refractivity contribution in [1.82, 2.24) is 5.32 Å². The number of carbonyl (C=O) groups is 1. The van der Waals surface area contributed by atoms with Gasteiger partial charge in [0.1, 0.15) is 0 Å². The van der Waals surface area contributed by atoms with Crippen LogP contribution in [-0.4, -0.2) is 19.0 Å². The van der Waals surface area contributed by atoms with Crippen molar-refractivity contribution in [3.8, 4) is 0 Å². The van der Waals surface area contributed by atoms with Crippen molar-refractivity contribution in [2.24, 2.45) is 0 Å². The van der Waals surface area contributed by atoms with Crippen molar-refractivity contribution >= 4 is 28.8 Å². The van der Waals surface area contributed by atoms with Crippen molar-refractivity contribution < 1.29 is 4.79 Å². The first-order valence-corrected chi connectivity index (χ1v) is 6.18. The molecule has 0 atom stereocenters.